The van der Waals surface area contributed by atoms with E-state index in [1.54, 1.807) is 12.3 Å². The molecule has 0 aliphatic rings. The molecule has 0 bridgehead atoms. The molecule has 0 saturated heterocycles. The third kappa shape index (κ3) is 3.23. The average Bonchev–Trinajstić information content (AvgIpc) is 2.81. The molecule has 2 aromatic rings. The number of hydrogen-bond acceptors (Lipinski definition) is 6. The molecule has 1 unspecified atom stereocenters. The van der Waals surface area contributed by atoms with Crippen molar-refractivity contribution in [2.75, 3.05) is 18.9 Å². The Labute approximate surface area is 121 Å². The first kappa shape index (κ1) is 14.7. The predicted molar refractivity (Wildman–Crippen MR) is 79.6 cm³/mol. The molecule has 7 heteroatoms. The Bertz CT molecular complexity index is 599. The lowest BCUT2D eigenvalue weighted by Crippen LogP contribution is -2.24. The van der Waals surface area contributed by atoms with Gasteiger partial charge in [0.05, 0.1) is 11.9 Å². The molecule has 6 nitrogen and oxygen atoms in total. The maximum absolute atomic E-state index is 12.1. The third-order valence-electron chi connectivity index (χ3n) is 3.10. The number of hydrogen-bond donors (Lipinski definition) is 3. The maximum atomic E-state index is 12.1. The zero-order valence-electron chi connectivity index (χ0n) is 11.3. The van der Waals surface area contributed by atoms with E-state index in [0.29, 0.717) is 21.9 Å². The van der Waals surface area contributed by atoms with Crippen molar-refractivity contribution in [3.8, 4) is 0 Å². The van der Waals surface area contributed by atoms with Crippen LogP contribution in [0, 0.1) is 5.92 Å². The van der Waals surface area contributed by atoms with Crippen LogP contribution in [0.3, 0.4) is 0 Å². The second-order valence-corrected chi connectivity index (χ2v) is 5.78. The van der Waals surface area contributed by atoms with Gasteiger partial charge in [-0.3, -0.25) is 4.79 Å². The molecule has 2 heterocycles. The highest BCUT2D eigenvalue weighted by molar-refractivity contribution is 7.21. The van der Waals surface area contributed by atoms with Crippen LogP contribution in [0.15, 0.2) is 12.3 Å². The van der Waals surface area contributed by atoms with Gasteiger partial charge < -0.3 is 16.2 Å². The number of thiophene rings is 1. The molecule has 0 aromatic carbocycles. The van der Waals surface area contributed by atoms with Crippen molar-refractivity contribution in [1.82, 2.24) is 15.5 Å². The van der Waals surface area contributed by atoms with Crippen LogP contribution >= 0.6 is 11.3 Å². The summed E-state index contributed by atoms with van der Waals surface area (Å²) in [6, 6.07) is 1.76. The number of carbonyl (C=O) groups is 1. The number of aliphatic hydroxyl groups is 1. The lowest BCUT2D eigenvalue weighted by Gasteiger charge is -2.08. The minimum Gasteiger partial charge on any atom is -0.397 e. The molecule has 108 valence electrons. The number of anilines is 1. The predicted octanol–water partition coefficient (Wildman–Crippen LogP) is 1.41. The van der Waals surface area contributed by atoms with Crippen LogP contribution in [0.25, 0.3) is 10.2 Å². The average molecular weight is 294 g/mol. The van der Waals surface area contributed by atoms with Crippen LogP contribution in [-0.2, 0) is 0 Å². The van der Waals surface area contributed by atoms with Crippen molar-refractivity contribution in [2.24, 2.45) is 5.92 Å². The van der Waals surface area contributed by atoms with Crippen LogP contribution in [0.2, 0.25) is 0 Å². The highest BCUT2D eigenvalue weighted by atomic mass is 32.1. The standard InChI is InChI=1S/C13H18N4O2S/c1-8(7-18)3-2-5-15-12(19)11-10(14)9-4-6-16-17-13(9)20-11/h4,6,8,18H,2-3,5,7,14H2,1H3,(H,15,19). The van der Waals surface area contributed by atoms with Crippen LogP contribution in [0.5, 0.6) is 0 Å². The van der Waals surface area contributed by atoms with Crippen LogP contribution in [0.4, 0.5) is 5.69 Å². The molecule has 2 aromatic heterocycles. The minimum atomic E-state index is -0.179. The highest BCUT2D eigenvalue weighted by Crippen LogP contribution is 2.31. The molecule has 0 fully saturated rings. The van der Waals surface area contributed by atoms with Crippen molar-refractivity contribution in [1.29, 1.82) is 0 Å². The van der Waals surface area contributed by atoms with E-state index in [9.17, 15) is 4.79 Å². The Balaban J connectivity index is 1.96. The summed E-state index contributed by atoms with van der Waals surface area (Å²) < 4.78 is 0. The Morgan fingerprint density at radius 3 is 3.10 bits per heavy atom. The number of aromatic nitrogens is 2. The number of aliphatic hydroxyl groups excluding tert-OH is 1. The van der Waals surface area contributed by atoms with Gasteiger partial charge in [0.1, 0.15) is 9.71 Å². The van der Waals surface area contributed by atoms with E-state index in [2.05, 4.69) is 15.5 Å². The van der Waals surface area contributed by atoms with Crippen LogP contribution in [0.1, 0.15) is 29.4 Å². The monoisotopic (exact) mass is 294 g/mol. The number of amides is 1. The van der Waals surface area contributed by atoms with Gasteiger partial charge in [-0.05, 0) is 24.8 Å². The van der Waals surface area contributed by atoms with E-state index < -0.39 is 0 Å². The summed E-state index contributed by atoms with van der Waals surface area (Å²) in [6.07, 6.45) is 3.27. The number of nitrogens with two attached hydrogens (primary N) is 1. The van der Waals surface area contributed by atoms with Crippen molar-refractivity contribution in [3.63, 3.8) is 0 Å². The normalized spacial score (nSPS) is 12.5. The fourth-order valence-electron chi connectivity index (χ4n) is 1.87. The molecule has 0 aliphatic heterocycles. The van der Waals surface area contributed by atoms with Gasteiger partial charge in [0.15, 0.2) is 0 Å². The van der Waals surface area contributed by atoms with E-state index in [1.165, 1.54) is 11.3 Å². The molecular weight excluding hydrogens is 276 g/mol. The lowest BCUT2D eigenvalue weighted by molar-refractivity contribution is 0.0957. The zero-order chi connectivity index (χ0) is 14.5. The zero-order valence-corrected chi connectivity index (χ0v) is 12.1. The SMILES string of the molecule is CC(CO)CCCNC(=O)c1sc2nnccc2c1N. The number of carbonyl (C=O) groups excluding carboxylic acids is 1. The Morgan fingerprint density at radius 1 is 1.60 bits per heavy atom. The van der Waals surface area contributed by atoms with E-state index in [4.69, 9.17) is 10.8 Å². The van der Waals surface area contributed by atoms with E-state index in [0.717, 1.165) is 18.2 Å². The Hall–Kier alpha value is -1.73. The summed E-state index contributed by atoms with van der Waals surface area (Å²) in [5, 5.41) is 20.3. The molecule has 2 rings (SSSR count). The van der Waals surface area contributed by atoms with Gasteiger partial charge in [-0.25, -0.2) is 0 Å². The highest BCUT2D eigenvalue weighted by Gasteiger charge is 2.16. The van der Waals surface area contributed by atoms with Crippen molar-refractivity contribution >= 4 is 33.1 Å². The molecule has 0 saturated carbocycles. The van der Waals surface area contributed by atoms with Crippen molar-refractivity contribution in [2.45, 2.75) is 19.8 Å². The van der Waals surface area contributed by atoms with Gasteiger partial charge in [-0.15, -0.1) is 16.4 Å². The number of fused-ring (bicyclic) bond motifs is 1. The minimum absolute atomic E-state index is 0.176. The van der Waals surface area contributed by atoms with Crippen LogP contribution < -0.4 is 11.1 Å². The summed E-state index contributed by atoms with van der Waals surface area (Å²) >= 11 is 1.25. The smallest absolute Gasteiger partial charge is 0.263 e. The van der Waals surface area contributed by atoms with Gasteiger partial charge in [0.2, 0.25) is 0 Å². The first-order chi connectivity index (χ1) is 9.63. The summed E-state index contributed by atoms with van der Waals surface area (Å²) in [4.78, 5) is 13.2. The molecule has 4 N–H and O–H groups in total. The van der Waals surface area contributed by atoms with Crippen molar-refractivity contribution < 1.29 is 9.90 Å². The Kier molecular flexibility index (Phi) is 4.86. The van der Waals surface area contributed by atoms with Gasteiger partial charge in [0, 0.05) is 18.5 Å². The number of nitrogens with zero attached hydrogens (tertiary/aromatic N) is 2. The second-order valence-electron chi connectivity index (χ2n) is 4.78. The Morgan fingerprint density at radius 2 is 2.40 bits per heavy atom. The fraction of sp³-hybridized carbons (Fsp3) is 0.462. The van der Waals surface area contributed by atoms with Crippen LogP contribution in [-0.4, -0.2) is 34.4 Å². The molecule has 0 radical (unpaired) electrons. The number of nitrogen functional groups attached to an aromatic ring is 1. The molecular formula is C13H18N4O2S. The van der Waals surface area contributed by atoms with Gasteiger partial charge in [-0.2, -0.15) is 5.10 Å². The van der Waals surface area contributed by atoms with Gasteiger partial charge in [0.25, 0.3) is 5.91 Å². The van der Waals surface area contributed by atoms with E-state index in [1.807, 2.05) is 6.92 Å². The lowest BCUT2D eigenvalue weighted by atomic mass is 10.1. The number of rotatable bonds is 6. The second kappa shape index (κ2) is 6.62. The van der Waals surface area contributed by atoms with E-state index >= 15 is 0 Å². The molecule has 1 atom stereocenters. The topological polar surface area (TPSA) is 101 Å². The first-order valence-corrected chi connectivity index (χ1v) is 7.33. The molecule has 0 spiro atoms. The largest absolute Gasteiger partial charge is 0.397 e. The summed E-state index contributed by atoms with van der Waals surface area (Å²) in [7, 11) is 0. The quantitative estimate of drug-likeness (QED) is 0.699. The molecule has 20 heavy (non-hydrogen) atoms. The molecule has 0 aliphatic carbocycles. The van der Waals surface area contributed by atoms with Gasteiger partial charge in [-0.1, -0.05) is 6.92 Å². The third-order valence-corrected chi connectivity index (χ3v) is 4.20. The number of nitrogens with one attached hydrogen (secondary N) is 1. The fourth-order valence-corrected chi connectivity index (χ4v) is 2.82. The summed E-state index contributed by atoms with van der Waals surface area (Å²) in [5.41, 5.74) is 6.42. The summed E-state index contributed by atoms with van der Waals surface area (Å²) in [5.74, 6) is 0.0822. The summed E-state index contributed by atoms with van der Waals surface area (Å²) in [6.45, 7) is 2.73. The van der Waals surface area contributed by atoms with Crippen molar-refractivity contribution in [3.05, 3.63) is 17.1 Å². The van der Waals surface area contributed by atoms with E-state index in [-0.39, 0.29) is 18.4 Å². The maximum Gasteiger partial charge on any atom is 0.263 e. The van der Waals surface area contributed by atoms with Gasteiger partial charge >= 0.3 is 0 Å². The molecule has 1 amide bonds. The first-order valence-electron chi connectivity index (χ1n) is 6.52.